The minimum absolute atomic E-state index is 0.210. The molecule has 2 nitrogen and oxygen atoms in total. The normalized spacial score (nSPS) is 28.1. The highest BCUT2D eigenvalue weighted by molar-refractivity contribution is 4.94. The van der Waals surface area contributed by atoms with E-state index in [-0.39, 0.29) is 5.79 Å². The standard InChI is InChI=1S/C13H22O2/c1-12-6-2-4-8-13(9-5-3-7-12)14-10-11-15-13/h1-11H2. The molecular weight excluding hydrogens is 188 g/mol. The lowest BCUT2D eigenvalue weighted by molar-refractivity contribution is -0.168. The number of hydrogen-bond donors (Lipinski definition) is 0. The maximum atomic E-state index is 5.80. The van der Waals surface area contributed by atoms with E-state index in [1.807, 2.05) is 0 Å². The van der Waals surface area contributed by atoms with Crippen molar-refractivity contribution in [2.45, 2.75) is 57.2 Å². The van der Waals surface area contributed by atoms with E-state index in [0.29, 0.717) is 0 Å². The van der Waals surface area contributed by atoms with E-state index >= 15 is 0 Å². The molecule has 0 amide bonds. The van der Waals surface area contributed by atoms with Crippen molar-refractivity contribution >= 4 is 0 Å². The molecule has 2 rings (SSSR count). The largest absolute Gasteiger partial charge is 0.348 e. The summed E-state index contributed by atoms with van der Waals surface area (Å²) in [5, 5.41) is 0. The Morgan fingerprint density at radius 1 is 0.867 bits per heavy atom. The second-order valence-corrected chi connectivity index (χ2v) is 4.77. The van der Waals surface area contributed by atoms with Crippen LogP contribution in [0.3, 0.4) is 0 Å². The summed E-state index contributed by atoms with van der Waals surface area (Å²) in [4.78, 5) is 0. The molecule has 1 aliphatic carbocycles. The Morgan fingerprint density at radius 3 is 1.93 bits per heavy atom. The van der Waals surface area contributed by atoms with Gasteiger partial charge in [-0.05, 0) is 38.5 Å². The van der Waals surface area contributed by atoms with Gasteiger partial charge in [0.1, 0.15) is 0 Å². The first kappa shape index (κ1) is 11.2. The number of hydrogen-bond acceptors (Lipinski definition) is 2. The molecule has 2 heteroatoms. The van der Waals surface area contributed by atoms with Gasteiger partial charge in [0.15, 0.2) is 5.79 Å². The summed E-state index contributed by atoms with van der Waals surface area (Å²) in [5.74, 6) is -0.210. The molecule has 15 heavy (non-hydrogen) atoms. The fraction of sp³-hybridized carbons (Fsp3) is 0.846. The van der Waals surface area contributed by atoms with Crippen LogP contribution in [0.2, 0.25) is 0 Å². The minimum Gasteiger partial charge on any atom is -0.348 e. The van der Waals surface area contributed by atoms with Gasteiger partial charge < -0.3 is 9.47 Å². The zero-order chi connectivity index (χ0) is 10.6. The number of ether oxygens (including phenoxy) is 2. The van der Waals surface area contributed by atoms with E-state index in [9.17, 15) is 0 Å². The first-order chi connectivity index (χ1) is 7.31. The lowest BCUT2D eigenvalue weighted by atomic mass is 9.94. The Balaban J connectivity index is 1.88. The summed E-state index contributed by atoms with van der Waals surface area (Å²) in [6, 6.07) is 0. The smallest absolute Gasteiger partial charge is 0.168 e. The summed E-state index contributed by atoms with van der Waals surface area (Å²) in [6.45, 7) is 5.68. The fourth-order valence-electron chi connectivity index (χ4n) is 2.57. The highest BCUT2D eigenvalue weighted by Crippen LogP contribution is 2.33. The van der Waals surface area contributed by atoms with Crippen LogP contribution in [0.15, 0.2) is 12.2 Å². The average molecular weight is 210 g/mol. The highest BCUT2D eigenvalue weighted by Gasteiger charge is 2.35. The van der Waals surface area contributed by atoms with Crippen LogP contribution in [0.4, 0.5) is 0 Å². The van der Waals surface area contributed by atoms with Gasteiger partial charge in [-0.2, -0.15) is 0 Å². The summed E-state index contributed by atoms with van der Waals surface area (Å²) in [6.07, 6.45) is 9.42. The summed E-state index contributed by atoms with van der Waals surface area (Å²) in [7, 11) is 0. The predicted octanol–water partition coefficient (Wildman–Crippen LogP) is 3.42. The molecular formula is C13H22O2. The molecule has 0 aromatic rings. The van der Waals surface area contributed by atoms with Crippen molar-refractivity contribution in [1.29, 1.82) is 0 Å². The Labute approximate surface area is 92.6 Å². The molecule has 1 saturated carbocycles. The molecule has 0 aromatic heterocycles. The van der Waals surface area contributed by atoms with Crippen molar-refractivity contribution in [3.8, 4) is 0 Å². The van der Waals surface area contributed by atoms with Crippen LogP contribution in [-0.2, 0) is 9.47 Å². The van der Waals surface area contributed by atoms with Crippen LogP contribution >= 0.6 is 0 Å². The molecule has 1 saturated heterocycles. The zero-order valence-electron chi connectivity index (χ0n) is 9.59. The molecule has 1 aliphatic heterocycles. The van der Waals surface area contributed by atoms with E-state index in [4.69, 9.17) is 9.47 Å². The van der Waals surface area contributed by atoms with Crippen LogP contribution in [0.5, 0.6) is 0 Å². The molecule has 1 heterocycles. The average Bonchev–Trinajstić information content (AvgIpc) is 2.69. The summed E-state index contributed by atoms with van der Waals surface area (Å²) >= 11 is 0. The van der Waals surface area contributed by atoms with Gasteiger partial charge in [-0.25, -0.2) is 0 Å². The Bertz CT molecular complexity index is 201. The first-order valence-electron chi connectivity index (χ1n) is 6.25. The molecule has 0 unspecified atom stereocenters. The van der Waals surface area contributed by atoms with Crippen molar-refractivity contribution in [2.24, 2.45) is 0 Å². The molecule has 2 fully saturated rings. The van der Waals surface area contributed by atoms with E-state index in [1.54, 1.807) is 0 Å². The van der Waals surface area contributed by atoms with E-state index in [2.05, 4.69) is 6.58 Å². The van der Waals surface area contributed by atoms with Crippen LogP contribution in [0.1, 0.15) is 51.4 Å². The lowest BCUT2D eigenvalue weighted by Gasteiger charge is -2.28. The monoisotopic (exact) mass is 210 g/mol. The third-order valence-corrected chi connectivity index (χ3v) is 3.49. The van der Waals surface area contributed by atoms with Crippen LogP contribution in [0, 0.1) is 0 Å². The highest BCUT2D eigenvalue weighted by atomic mass is 16.7. The van der Waals surface area contributed by atoms with Gasteiger partial charge in [0, 0.05) is 12.8 Å². The maximum Gasteiger partial charge on any atom is 0.168 e. The van der Waals surface area contributed by atoms with Crippen LogP contribution < -0.4 is 0 Å². The van der Waals surface area contributed by atoms with Gasteiger partial charge in [-0.1, -0.05) is 12.2 Å². The van der Waals surface area contributed by atoms with Crippen molar-refractivity contribution in [2.75, 3.05) is 13.2 Å². The number of rotatable bonds is 0. The van der Waals surface area contributed by atoms with Gasteiger partial charge in [-0.3, -0.25) is 0 Å². The Kier molecular flexibility index (Phi) is 3.81. The molecule has 0 bridgehead atoms. The Morgan fingerprint density at radius 2 is 1.40 bits per heavy atom. The van der Waals surface area contributed by atoms with Gasteiger partial charge in [0.25, 0.3) is 0 Å². The van der Waals surface area contributed by atoms with E-state index < -0.39 is 0 Å². The minimum atomic E-state index is -0.210. The molecule has 0 atom stereocenters. The third-order valence-electron chi connectivity index (χ3n) is 3.49. The van der Waals surface area contributed by atoms with Crippen molar-refractivity contribution < 1.29 is 9.47 Å². The molecule has 1 spiro atoms. The predicted molar refractivity (Wildman–Crippen MR) is 60.7 cm³/mol. The van der Waals surface area contributed by atoms with Gasteiger partial charge in [-0.15, -0.1) is 0 Å². The van der Waals surface area contributed by atoms with Crippen molar-refractivity contribution in [1.82, 2.24) is 0 Å². The second kappa shape index (κ2) is 5.13. The van der Waals surface area contributed by atoms with Gasteiger partial charge >= 0.3 is 0 Å². The van der Waals surface area contributed by atoms with Crippen LogP contribution in [0.25, 0.3) is 0 Å². The van der Waals surface area contributed by atoms with Crippen LogP contribution in [-0.4, -0.2) is 19.0 Å². The van der Waals surface area contributed by atoms with Gasteiger partial charge in [0.05, 0.1) is 13.2 Å². The lowest BCUT2D eigenvalue weighted by Crippen LogP contribution is -2.30. The SMILES string of the molecule is C=C1CCCCC2(CCCC1)OCCO2. The fourth-order valence-corrected chi connectivity index (χ4v) is 2.57. The van der Waals surface area contributed by atoms with E-state index in [0.717, 1.165) is 26.1 Å². The summed E-state index contributed by atoms with van der Waals surface area (Å²) < 4.78 is 11.6. The Hall–Kier alpha value is -0.340. The van der Waals surface area contributed by atoms with E-state index in [1.165, 1.54) is 44.1 Å². The third kappa shape index (κ3) is 3.05. The topological polar surface area (TPSA) is 18.5 Å². The summed E-state index contributed by atoms with van der Waals surface area (Å²) in [5.41, 5.74) is 1.43. The molecule has 0 N–H and O–H groups in total. The van der Waals surface area contributed by atoms with Crippen molar-refractivity contribution in [3.63, 3.8) is 0 Å². The molecule has 0 aromatic carbocycles. The van der Waals surface area contributed by atoms with Gasteiger partial charge in [0.2, 0.25) is 0 Å². The zero-order valence-corrected chi connectivity index (χ0v) is 9.59. The first-order valence-corrected chi connectivity index (χ1v) is 6.25. The molecule has 0 radical (unpaired) electrons. The molecule has 2 aliphatic rings. The molecule has 86 valence electrons. The quantitative estimate of drug-likeness (QED) is 0.570. The number of allylic oxidation sites excluding steroid dienone is 1. The van der Waals surface area contributed by atoms with Crippen molar-refractivity contribution in [3.05, 3.63) is 12.2 Å². The second-order valence-electron chi connectivity index (χ2n) is 4.77. The maximum absolute atomic E-state index is 5.80.